The van der Waals surface area contributed by atoms with Crippen molar-refractivity contribution in [1.82, 2.24) is 0 Å². The van der Waals surface area contributed by atoms with Crippen molar-refractivity contribution in [3.63, 3.8) is 0 Å². The van der Waals surface area contributed by atoms with Crippen LogP contribution in [0.15, 0.2) is 42.5 Å². The number of Topliss-reactive ketones (excluding diaryl/α,β-unsaturated/α-hetero) is 1. The van der Waals surface area contributed by atoms with E-state index in [4.69, 9.17) is 14.2 Å². The molecule has 0 radical (unpaired) electrons. The number of nitriles is 1. The van der Waals surface area contributed by atoms with E-state index in [1.807, 2.05) is 0 Å². The highest BCUT2D eigenvalue weighted by Gasteiger charge is 2.18. The van der Waals surface area contributed by atoms with Gasteiger partial charge in [-0.05, 0) is 42.0 Å². The van der Waals surface area contributed by atoms with Crippen LogP contribution in [-0.2, 0) is 0 Å². The summed E-state index contributed by atoms with van der Waals surface area (Å²) >= 11 is 0. The molecule has 0 spiro atoms. The smallest absolute Gasteiger partial charge is 0.164 e. The van der Waals surface area contributed by atoms with Crippen molar-refractivity contribution in [3.8, 4) is 23.3 Å². The number of methoxy groups -OCH3 is 3. The molecule has 2 rings (SSSR count). The van der Waals surface area contributed by atoms with Gasteiger partial charge in [0.25, 0.3) is 0 Å². The zero-order valence-electron chi connectivity index (χ0n) is 13.9. The van der Waals surface area contributed by atoms with Crippen molar-refractivity contribution in [2.75, 3.05) is 21.3 Å². The van der Waals surface area contributed by atoms with Crippen LogP contribution in [0.1, 0.15) is 28.3 Å². The Morgan fingerprint density at radius 2 is 1.67 bits per heavy atom. The number of rotatable bonds is 7. The summed E-state index contributed by atoms with van der Waals surface area (Å²) in [4.78, 5) is 12.4. The number of benzene rings is 2. The molecule has 2 aromatic carbocycles. The van der Waals surface area contributed by atoms with Crippen LogP contribution in [0, 0.1) is 11.3 Å². The van der Waals surface area contributed by atoms with Crippen LogP contribution < -0.4 is 14.2 Å². The van der Waals surface area contributed by atoms with Crippen LogP contribution >= 0.6 is 0 Å². The third-order valence-electron chi connectivity index (χ3n) is 3.77. The van der Waals surface area contributed by atoms with Crippen LogP contribution in [-0.4, -0.2) is 27.1 Å². The Balaban J connectivity index is 2.19. The molecular formula is C19H19NO4. The fourth-order valence-electron chi connectivity index (χ4n) is 2.39. The van der Waals surface area contributed by atoms with E-state index in [-0.39, 0.29) is 12.2 Å². The Kier molecular flexibility index (Phi) is 5.80. The van der Waals surface area contributed by atoms with E-state index in [1.54, 1.807) is 56.7 Å². The van der Waals surface area contributed by atoms with Gasteiger partial charge in [0.1, 0.15) is 5.75 Å². The maximum Gasteiger partial charge on any atom is 0.164 e. The second-order valence-electron chi connectivity index (χ2n) is 5.15. The molecule has 0 aromatic heterocycles. The van der Waals surface area contributed by atoms with Crippen molar-refractivity contribution in [1.29, 1.82) is 5.26 Å². The molecule has 0 heterocycles. The summed E-state index contributed by atoms with van der Waals surface area (Å²) in [6.45, 7) is 0. The zero-order chi connectivity index (χ0) is 17.5. The molecule has 5 nitrogen and oxygen atoms in total. The summed E-state index contributed by atoms with van der Waals surface area (Å²) in [5.74, 6) is 1.15. The molecule has 0 amide bonds. The Bertz CT molecular complexity index is 747. The molecule has 0 saturated carbocycles. The summed E-state index contributed by atoms with van der Waals surface area (Å²) in [5.41, 5.74) is 1.27. The van der Waals surface area contributed by atoms with Gasteiger partial charge in [0, 0.05) is 12.0 Å². The van der Waals surface area contributed by atoms with Crippen LogP contribution in [0.3, 0.4) is 0 Å². The molecule has 0 bridgehead atoms. The normalized spacial score (nSPS) is 11.2. The summed E-state index contributed by atoms with van der Waals surface area (Å²) in [6.07, 6.45) is 0.0955. The number of carbonyl (C=O) groups is 1. The van der Waals surface area contributed by atoms with Crippen molar-refractivity contribution < 1.29 is 19.0 Å². The molecule has 124 valence electrons. The molecule has 5 heteroatoms. The van der Waals surface area contributed by atoms with Gasteiger partial charge in [0.05, 0.1) is 33.3 Å². The van der Waals surface area contributed by atoms with Gasteiger partial charge in [0.2, 0.25) is 0 Å². The van der Waals surface area contributed by atoms with E-state index in [9.17, 15) is 10.1 Å². The molecule has 0 N–H and O–H groups in total. The SMILES string of the molecule is COc1ccc(C(=O)C[C@@H](C#N)c2ccc(OC)c(OC)c2)cc1. The highest BCUT2D eigenvalue weighted by Crippen LogP contribution is 2.32. The number of ketones is 1. The van der Waals surface area contributed by atoms with Crippen molar-refractivity contribution in [2.24, 2.45) is 0 Å². The van der Waals surface area contributed by atoms with Gasteiger partial charge in [-0.15, -0.1) is 0 Å². The minimum Gasteiger partial charge on any atom is -0.497 e. The average Bonchev–Trinajstić information content (AvgIpc) is 2.65. The van der Waals surface area contributed by atoms with Gasteiger partial charge in [0.15, 0.2) is 17.3 Å². The van der Waals surface area contributed by atoms with E-state index < -0.39 is 5.92 Å². The van der Waals surface area contributed by atoms with Gasteiger partial charge >= 0.3 is 0 Å². The highest BCUT2D eigenvalue weighted by atomic mass is 16.5. The standard InChI is InChI=1S/C19H19NO4/c1-22-16-7-4-13(5-8-16)17(21)10-15(12-20)14-6-9-18(23-2)19(11-14)24-3/h4-9,11,15H,10H2,1-3H3/t15-/m0/s1. The predicted molar refractivity (Wildman–Crippen MR) is 89.8 cm³/mol. The second kappa shape index (κ2) is 8.02. The molecule has 0 unspecified atom stereocenters. The average molecular weight is 325 g/mol. The Morgan fingerprint density at radius 3 is 2.21 bits per heavy atom. The third-order valence-corrected chi connectivity index (χ3v) is 3.77. The molecule has 0 aliphatic rings. The maximum atomic E-state index is 12.4. The molecule has 2 aromatic rings. The topological polar surface area (TPSA) is 68.6 Å². The van der Waals surface area contributed by atoms with Crippen molar-refractivity contribution in [2.45, 2.75) is 12.3 Å². The van der Waals surface area contributed by atoms with E-state index in [0.29, 0.717) is 22.8 Å². The van der Waals surface area contributed by atoms with Crippen LogP contribution in [0.5, 0.6) is 17.2 Å². The molecule has 0 saturated heterocycles. The number of nitrogens with zero attached hydrogens (tertiary/aromatic N) is 1. The lowest BCUT2D eigenvalue weighted by Crippen LogP contribution is -2.07. The first-order valence-corrected chi connectivity index (χ1v) is 7.41. The molecule has 0 aliphatic heterocycles. The molecular weight excluding hydrogens is 306 g/mol. The minimum atomic E-state index is -0.556. The predicted octanol–water partition coefficient (Wildman–Crippen LogP) is 3.59. The first kappa shape index (κ1) is 17.4. The summed E-state index contributed by atoms with van der Waals surface area (Å²) in [5, 5.41) is 9.45. The van der Waals surface area contributed by atoms with Crippen molar-refractivity contribution in [3.05, 3.63) is 53.6 Å². The molecule has 0 aliphatic carbocycles. The quantitative estimate of drug-likeness (QED) is 0.728. The fraction of sp³-hybridized carbons (Fsp3) is 0.263. The summed E-state index contributed by atoms with van der Waals surface area (Å²) in [6, 6.07) is 14.3. The first-order chi connectivity index (χ1) is 11.6. The zero-order valence-corrected chi connectivity index (χ0v) is 13.9. The summed E-state index contributed by atoms with van der Waals surface area (Å²) < 4.78 is 15.5. The fourth-order valence-corrected chi connectivity index (χ4v) is 2.39. The van der Waals surface area contributed by atoms with E-state index in [1.165, 1.54) is 7.11 Å². The van der Waals surface area contributed by atoms with Gasteiger partial charge in [-0.25, -0.2) is 0 Å². The Morgan fingerprint density at radius 1 is 1.00 bits per heavy atom. The number of ether oxygens (including phenoxy) is 3. The Labute approximate surface area is 141 Å². The molecule has 1 atom stereocenters. The van der Waals surface area contributed by atoms with Gasteiger partial charge in [-0.1, -0.05) is 6.07 Å². The highest BCUT2D eigenvalue weighted by molar-refractivity contribution is 5.96. The lowest BCUT2D eigenvalue weighted by molar-refractivity contribution is 0.0979. The van der Waals surface area contributed by atoms with E-state index in [0.717, 1.165) is 5.56 Å². The van der Waals surface area contributed by atoms with E-state index >= 15 is 0 Å². The number of hydrogen-bond donors (Lipinski definition) is 0. The monoisotopic (exact) mass is 325 g/mol. The molecule has 0 fully saturated rings. The van der Waals surface area contributed by atoms with Crippen LogP contribution in [0.4, 0.5) is 0 Å². The van der Waals surface area contributed by atoms with E-state index in [2.05, 4.69) is 6.07 Å². The van der Waals surface area contributed by atoms with Gasteiger partial charge in [-0.2, -0.15) is 5.26 Å². The third kappa shape index (κ3) is 3.85. The second-order valence-corrected chi connectivity index (χ2v) is 5.15. The van der Waals surface area contributed by atoms with Crippen molar-refractivity contribution >= 4 is 5.78 Å². The maximum absolute atomic E-state index is 12.4. The largest absolute Gasteiger partial charge is 0.497 e. The first-order valence-electron chi connectivity index (χ1n) is 7.41. The van der Waals surface area contributed by atoms with Gasteiger partial charge < -0.3 is 14.2 Å². The molecule has 24 heavy (non-hydrogen) atoms. The number of hydrogen-bond acceptors (Lipinski definition) is 5. The number of carbonyl (C=O) groups excluding carboxylic acids is 1. The van der Waals surface area contributed by atoms with Crippen LogP contribution in [0.25, 0.3) is 0 Å². The van der Waals surface area contributed by atoms with Gasteiger partial charge in [-0.3, -0.25) is 4.79 Å². The lowest BCUT2D eigenvalue weighted by atomic mass is 9.92. The van der Waals surface area contributed by atoms with Crippen LogP contribution in [0.2, 0.25) is 0 Å². The summed E-state index contributed by atoms with van der Waals surface area (Å²) in [7, 11) is 4.65. The Hall–Kier alpha value is -3.00. The lowest BCUT2D eigenvalue weighted by Gasteiger charge is -2.13. The minimum absolute atomic E-state index is 0.0955.